The van der Waals surface area contributed by atoms with Crippen molar-refractivity contribution in [2.24, 2.45) is 5.73 Å². The molecular weight excluding hydrogens is 518 g/mol. The third-order valence-electron chi connectivity index (χ3n) is 6.54. The van der Waals surface area contributed by atoms with Gasteiger partial charge in [-0.3, -0.25) is 9.69 Å². The third kappa shape index (κ3) is 6.08. The number of nitrogens with two attached hydrogens (primary N) is 1. The first-order valence-corrected chi connectivity index (χ1v) is 12.8. The van der Waals surface area contributed by atoms with E-state index in [0.29, 0.717) is 43.9 Å². The van der Waals surface area contributed by atoms with E-state index >= 15 is 8.78 Å². The number of benzene rings is 2. The summed E-state index contributed by atoms with van der Waals surface area (Å²) < 4.78 is 31.8. The molecule has 2 aromatic carbocycles. The SMILES string of the molecule is CC(C)(O)CN1CCN(c2ccc(Nc3ncn4ncc(-c5cccc(C=CC(N)=O)c5)c4n3)c(F)c2F)CC1. The highest BCUT2D eigenvalue weighted by Crippen LogP contribution is 2.30. The third-order valence-corrected chi connectivity index (χ3v) is 6.54. The van der Waals surface area contributed by atoms with Crippen LogP contribution >= 0.6 is 0 Å². The molecule has 0 aliphatic carbocycles. The van der Waals surface area contributed by atoms with E-state index in [1.807, 2.05) is 24.3 Å². The molecule has 0 saturated carbocycles. The normalized spacial score (nSPS) is 14.8. The molecule has 3 heterocycles. The highest BCUT2D eigenvalue weighted by Gasteiger charge is 2.25. The summed E-state index contributed by atoms with van der Waals surface area (Å²) in [6.07, 6.45) is 5.94. The van der Waals surface area contributed by atoms with E-state index in [1.54, 1.807) is 37.1 Å². The van der Waals surface area contributed by atoms with E-state index in [1.165, 1.54) is 23.0 Å². The standard InChI is InChI=1S/C28H30F2N8O2/c1-28(2,40)16-36-10-12-37(13-11-36)22-8-7-21(24(29)25(22)30)34-27-32-17-38-26(35-27)20(15-33-38)19-5-3-4-18(14-19)6-9-23(31)39/h3-9,14-15,17,40H,10-13,16H2,1-2H3,(H2,31,39)(H,34,35). The lowest BCUT2D eigenvalue weighted by molar-refractivity contribution is -0.113. The number of fused-ring (bicyclic) bond motifs is 1. The average Bonchev–Trinajstić information content (AvgIpc) is 3.33. The zero-order valence-corrected chi connectivity index (χ0v) is 22.2. The van der Waals surface area contributed by atoms with Crippen LogP contribution in [0, 0.1) is 11.6 Å². The van der Waals surface area contributed by atoms with Gasteiger partial charge >= 0.3 is 0 Å². The fourth-order valence-electron chi connectivity index (χ4n) is 4.74. The lowest BCUT2D eigenvalue weighted by Gasteiger charge is -2.38. The Morgan fingerprint density at radius 3 is 2.65 bits per heavy atom. The number of hydrogen-bond donors (Lipinski definition) is 3. The van der Waals surface area contributed by atoms with Gasteiger partial charge in [0.2, 0.25) is 11.9 Å². The van der Waals surface area contributed by atoms with Gasteiger partial charge in [0.1, 0.15) is 6.33 Å². The summed E-state index contributed by atoms with van der Waals surface area (Å²) in [5.41, 5.74) is 7.16. The molecule has 1 amide bonds. The van der Waals surface area contributed by atoms with Gasteiger partial charge in [0, 0.05) is 44.4 Å². The molecule has 1 aliphatic heterocycles. The molecule has 0 bridgehead atoms. The molecule has 4 N–H and O–H groups in total. The van der Waals surface area contributed by atoms with Crippen LogP contribution in [-0.4, -0.2) is 73.8 Å². The van der Waals surface area contributed by atoms with E-state index in [2.05, 4.69) is 25.3 Å². The minimum absolute atomic E-state index is 0.0744. The van der Waals surface area contributed by atoms with Gasteiger partial charge < -0.3 is 21.1 Å². The molecule has 0 atom stereocenters. The van der Waals surface area contributed by atoms with Crippen LogP contribution in [0.3, 0.4) is 0 Å². The van der Waals surface area contributed by atoms with Crippen molar-refractivity contribution in [1.29, 1.82) is 0 Å². The number of amides is 1. The topological polar surface area (TPSA) is 125 Å². The Morgan fingerprint density at radius 1 is 1.15 bits per heavy atom. The number of β-amino-alcohol motifs (C(OH)–C–C–N with tert-alkyl or cyclic N) is 1. The zero-order chi connectivity index (χ0) is 28.4. The average molecular weight is 549 g/mol. The van der Waals surface area contributed by atoms with Gasteiger partial charge in [0.25, 0.3) is 0 Å². The van der Waals surface area contributed by atoms with Gasteiger partial charge in [-0.2, -0.15) is 10.1 Å². The number of nitrogens with one attached hydrogen (secondary N) is 1. The molecule has 208 valence electrons. The largest absolute Gasteiger partial charge is 0.389 e. The Hall–Kier alpha value is -4.42. The molecule has 12 heteroatoms. The highest BCUT2D eigenvalue weighted by atomic mass is 19.2. The van der Waals surface area contributed by atoms with Crippen molar-refractivity contribution in [1.82, 2.24) is 24.5 Å². The van der Waals surface area contributed by atoms with Gasteiger partial charge in [0.15, 0.2) is 17.3 Å². The number of primary amides is 1. The van der Waals surface area contributed by atoms with Gasteiger partial charge in [0.05, 0.1) is 23.2 Å². The Labute approximate surface area is 229 Å². The van der Waals surface area contributed by atoms with Crippen molar-refractivity contribution >= 4 is 35.0 Å². The van der Waals surface area contributed by atoms with Crippen molar-refractivity contribution < 1.29 is 18.7 Å². The number of carbonyl (C=O) groups is 1. The Bertz CT molecular complexity index is 1570. The van der Waals surface area contributed by atoms with Crippen LogP contribution in [0.5, 0.6) is 0 Å². The van der Waals surface area contributed by atoms with Crippen molar-refractivity contribution in [2.45, 2.75) is 19.4 Å². The van der Waals surface area contributed by atoms with E-state index < -0.39 is 23.1 Å². The number of piperazine rings is 1. The molecule has 40 heavy (non-hydrogen) atoms. The molecule has 0 spiro atoms. The van der Waals surface area contributed by atoms with E-state index in [-0.39, 0.29) is 17.3 Å². The van der Waals surface area contributed by atoms with Crippen molar-refractivity contribution in [3.05, 3.63) is 72.2 Å². The summed E-state index contributed by atoms with van der Waals surface area (Å²) in [5.74, 6) is -2.45. The minimum atomic E-state index is -1.03. The minimum Gasteiger partial charge on any atom is -0.389 e. The quantitative estimate of drug-likeness (QED) is 0.287. The van der Waals surface area contributed by atoms with Crippen LogP contribution < -0.4 is 16.0 Å². The fourth-order valence-corrected chi connectivity index (χ4v) is 4.74. The Morgan fingerprint density at radius 2 is 1.93 bits per heavy atom. The zero-order valence-electron chi connectivity index (χ0n) is 22.2. The first-order valence-electron chi connectivity index (χ1n) is 12.8. The summed E-state index contributed by atoms with van der Waals surface area (Å²) in [6.45, 7) is 6.32. The van der Waals surface area contributed by atoms with Crippen LogP contribution in [0.25, 0.3) is 22.9 Å². The van der Waals surface area contributed by atoms with E-state index in [4.69, 9.17) is 5.73 Å². The van der Waals surface area contributed by atoms with E-state index in [0.717, 1.165) is 11.1 Å². The number of halogens is 2. The molecule has 1 saturated heterocycles. The number of aliphatic hydroxyl groups is 1. The molecular formula is C28H30F2N8O2. The van der Waals surface area contributed by atoms with Crippen molar-refractivity contribution in [2.75, 3.05) is 42.9 Å². The van der Waals surface area contributed by atoms with Crippen molar-refractivity contribution in [3.63, 3.8) is 0 Å². The second-order valence-electron chi connectivity index (χ2n) is 10.3. The first kappa shape index (κ1) is 27.2. The lowest BCUT2D eigenvalue weighted by atomic mass is 10.1. The maximum absolute atomic E-state index is 15.2. The van der Waals surface area contributed by atoms with Gasteiger partial charge in [-0.25, -0.2) is 18.3 Å². The second-order valence-corrected chi connectivity index (χ2v) is 10.3. The van der Waals surface area contributed by atoms with Crippen LogP contribution in [0.2, 0.25) is 0 Å². The number of aromatic nitrogens is 4. The summed E-state index contributed by atoms with van der Waals surface area (Å²) in [5, 5.41) is 17.1. The van der Waals surface area contributed by atoms with Gasteiger partial charge in [-0.15, -0.1) is 0 Å². The number of anilines is 3. The van der Waals surface area contributed by atoms with Gasteiger partial charge in [-0.05, 0) is 49.2 Å². The fraction of sp³-hybridized carbons (Fsp3) is 0.286. The molecule has 10 nitrogen and oxygen atoms in total. The number of hydrogen-bond acceptors (Lipinski definition) is 8. The number of carbonyl (C=O) groups excluding carboxylic acids is 1. The summed E-state index contributed by atoms with van der Waals surface area (Å²) in [4.78, 5) is 23.7. The predicted molar refractivity (Wildman–Crippen MR) is 149 cm³/mol. The second kappa shape index (κ2) is 11.0. The molecule has 1 aliphatic rings. The summed E-state index contributed by atoms with van der Waals surface area (Å²) in [7, 11) is 0. The molecule has 1 fully saturated rings. The number of nitrogens with zero attached hydrogens (tertiary/aromatic N) is 6. The van der Waals surface area contributed by atoms with Crippen LogP contribution in [-0.2, 0) is 4.79 Å². The smallest absolute Gasteiger partial charge is 0.241 e. The van der Waals surface area contributed by atoms with Crippen LogP contribution in [0.1, 0.15) is 19.4 Å². The molecule has 5 rings (SSSR count). The summed E-state index contributed by atoms with van der Waals surface area (Å²) >= 11 is 0. The summed E-state index contributed by atoms with van der Waals surface area (Å²) in [6, 6.07) is 10.4. The first-order chi connectivity index (χ1) is 19.1. The van der Waals surface area contributed by atoms with Gasteiger partial charge in [-0.1, -0.05) is 18.2 Å². The highest BCUT2D eigenvalue weighted by molar-refractivity contribution is 5.90. The Kier molecular flexibility index (Phi) is 7.46. The molecule has 0 radical (unpaired) electrons. The molecule has 4 aromatic rings. The molecule has 0 unspecified atom stereocenters. The monoisotopic (exact) mass is 548 g/mol. The number of rotatable bonds is 8. The van der Waals surface area contributed by atoms with Crippen LogP contribution in [0.15, 0.2) is 55.0 Å². The van der Waals surface area contributed by atoms with E-state index in [9.17, 15) is 9.90 Å². The maximum Gasteiger partial charge on any atom is 0.241 e. The van der Waals surface area contributed by atoms with Crippen molar-refractivity contribution in [3.8, 4) is 11.1 Å². The molecule has 2 aromatic heterocycles. The predicted octanol–water partition coefficient (Wildman–Crippen LogP) is 3.20. The maximum atomic E-state index is 15.2. The van der Waals surface area contributed by atoms with Crippen LogP contribution in [0.4, 0.5) is 26.1 Å². The lowest BCUT2D eigenvalue weighted by Crippen LogP contribution is -2.50. The Balaban J connectivity index is 1.35.